The second kappa shape index (κ2) is 2.58. The quantitative estimate of drug-likeness (QED) is 0.541. The Labute approximate surface area is 74.5 Å². The van der Waals surface area contributed by atoms with Gasteiger partial charge in [0.25, 0.3) is 0 Å². The van der Waals surface area contributed by atoms with Crippen molar-refractivity contribution in [3.63, 3.8) is 0 Å². The normalized spacial score (nSPS) is 39.7. The molecule has 68 valence electrons. The van der Waals surface area contributed by atoms with Gasteiger partial charge in [0, 0.05) is 12.3 Å². The SMILES string of the molecule is CC1(C)CC(=O)C2CCCCC21. The summed E-state index contributed by atoms with van der Waals surface area (Å²) in [4.78, 5) is 11.6. The van der Waals surface area contributed by atoms with E-state index in [2.05, 4.69) is 13.8 Å². The molecule has 0 N–H and O–H groups in total. The molecule has 0 aromatic rings. The Kier molecular flexibility index (Phi) is 1.78. The zero-order chi connectivity index (χ0) is 8.77. The van der Waals surface area contributed by atoms with Crippen LogP contribution in [0.4, 0.5) is 0 Å². The Morgan fingerprint density at radius 3 is 2.58 bits per heavy atom. The van der Waals surface area contributed by atoms with E-state index in [4.69, 9.17) is 0 Å². The minimum atomic E-state index is 0.308. The predicted octanol–water partition coefficient (Wildman–Crippen LogP) is 2.79. The van der Waals surface area contributed by atoms with Gasteiger partial charge in [-0.15, -0.1) is 0 Å². The van der Waals surface area contributed by atoms with Gasteiger partial charge in [-0.05, 0) is 24.2 Å². The third-order valence-corrected chi connectivity index (χ3v) is 3.81. The maximum atomic E-state index is 11.6. The van der Waals surface area contributed by atoms with E-state index in [1.165, 1.54) is 25.7 Å². The minimum absolute atomic E-state index is 0.308. The topological polar surface area (TPSA) is 17.1 Å². The largest absolute Gasteiger partial charge is 0.299 e. The Balaban J connectivity index is 2.22. The smallest absolute Gasteiger partial charge is 0.136 e. The lowest BCUT2D eigenvalue weighted by molar-refractivity contribution is -0.121. The highest BCUT2D eigenvalue weighted by Gasteiger charge is 2.47. The van der Waals surface area contributed by atoms with Crippen LogP contribution in [0.15, 0.2) is 0 Å². The lowest BCUT2D eigenvalue weighted by atomic mass is 9.72. The molecule has 1 nitrogen and oxygen atoms in total. The van der Waals surface area contributed by atoms with Crippen LogP contribution < -0.4 is 0 Å². The van der Waals surface area contributed by atoms with Crippen molar-refractivity contribution in [3.8, 4) is 0 Å². The van der Waals surface area contributed by atoms with Crippen LogP contribution in [-0.4, -0.2) is 5.78 Å². The molecule has 1 heteroatoms. The molecule has 0 aromatic heterocycles. The first-order valence-electron chi connectivity index (χ1n) is 5.14. The van der Waals surface area contributed by atoms with E-state index in [-0.39, 0.29) is 0 Å². The molecule has 0 heterocycles. The van der Waals surface area contributed by atoms with Gasteiger partial charge in [-0.3, -0.25) is 4.79 Å². The van der Waals surface area contributed by atoms with Crippen LogP contribution >= 0.6 is 0 Å². The van der Waals surface area contributed by atoms with Crippen molar-refractivity contribution in [2.75, 3.05) is 0 Å². The van der Waals surface area contributed by atoms with E-state index in [0.29, 0.717) is 23.0 Å². The van der Waals surface area contributed by atoms with E-state index in [0.717, 1.165) is 6.42 Å². The summed E-state index contributed by atoms with van der Waals surface area (Å²) in [6.07, 6.45) is 5.93. The molecule has 0 aromatic carbocycles. The highest BCUT2D eigenvalue weighted by Crippen LogP contribution is 2.50. The van der Waals surface area contributed by atoms with Gasteiger partial charge in [0.15, 0.2) is 0 Å². The number of fused-ring (bicyclic) bond motifs is 1. The number of Topliss-reactive ketones (excluding diaryl/α,β-unsaturated/α-hetero) is 1. The Morgan fingerprint density at radius 2 is 1.92 bits per heavy atom. The standard InChI is InChI=1S/C11H18O/c1-11(2)7-10(12)8-5-3-4-6-9(8)11/h8-9H,3-7H2,1-2H3. The maximum Gasteiger partial charge on any atom is 0.136 e. The Morgan fingerprint density at radius 1 is 1.25 bits per heavy atom. The first-order chi connectivity index (χ1) is 5.61. The average molecular weight is 166 g/mol. The summed E-state index contributed by atoms with van der Waals surface area (Å²) in [6, 6.07) is 0. The van der Waals surface area contributed by atoms with Crippen molar-refractivity contribution in [2.45, 2.75) is 46.0 Å². The van der Waals surface area contributed by atoms with E-state index in [1.807, 2.05) is 0 Å². The van der Waals surface area contributed by atoms with Crippen molar-refractivity contribution in [2.24, 2.45) is 17.3 Å². The van der Waals surface area contributed by atoms with E-state index < -0.39 is 0 Å². The van der Waals surface area contributed by atoms with Crippen LogP contribution in [-0.2, 0) is 4.79 Å². The van der Waals surface area contributed by atoms with Gasteiger partial charge in [0.2, 0.25) is 0 Å². The summed E-state index contributed by atoms with van der Waals surface area (Å²) in [7, 11) is 0. The number of ketones is 1. The number of carbonyl (C=O) groups is 1. The van der Waals surface area contributed by atoms with Gasteiger partial charge in [-0.25, -0.2) is 0 Å². The van der Waals surface area contributed by atoms with Gasteiger partial charge in [-0.2, -0.15) is 0 Å². The molecule has 2 atom stereocenters. The summed E-state index contributed by atoms with van der Waals surface area (Å²) in [5.41, 5.74) is 0.308. The summed E-state index contributed by atoms with van der Waals surface area (Å²) in [5.74, 6) is 1.69. The van der Waals surface area contributed by atoms with Crippen LogP contribution in [0.1, 0.15) is 46.0 Å². The lowest BCUT2D eigenvalue weighted by Gasteiger charge is -2.32. The summed E-state index contributed by atoms with van der Waals surface area (Å²) < 4.78 is 0. The van der Waals surface area contributed by atoms with Crippen LogP contribution in [0.3, 0.4) is 0 Å². The zero-order valence-corrected chi connectivity index (χ0v) is 8.10. The lowest BCUT2D eigenvalue weighted by Crippen LogP contribution is -2.25. The molecular weight excluding hydrogens is 148 g/mol. The molecule has 0 saturated heterocycles. The molecule has 2 rings (SSSR count). The highest BCUT2D eigenvalue weighted by molar-refractivity contribution is 5.84. The molecule has 0 amide bonds. The van der Waals surface area contributed by atoms with E-state index in [9.17, 15) is 4.79 Å². The Hall–Kier alpha value is -0.330. The average Bonchev–Trinajstić information content (AvgIpc) is 2.25. The highest BCUT2D eigenvalue weighted by atomic mass is 16.1. The predicted molar refractivity (Wildman–Crippen MR) is 48.9 cm³/mol. The fourth-order valence-electron chi connectivity index (χ4n) is 3.16. The van der Waals surface area contributed by atoms with Gasteiger partial charge in [0.1, 0.15) is 5.78 Å². The van der Waals surface area contributed by atoms with Crippen LogP contribution in [0, 0.1) is 17.3 Å². The van der Waals surface area contributed by atoms with E-state index in [1.54, 1.807) is 0 Å². The molecule has 2 unspecified atom stereocenters. The first-order valence-corrected chi connectivity index (χ1v) is 5.14. The van der Waals surface area contributed by atoms with Gasteiger partial charge >= 0.3 is 0 Å². The molecule has 0 bridgehead atoms. The third-order valence-electron chi connectivity index (χ3n) is 3.81. The molecule has 2 fully saturated rings. The fourth-order valence-corrected chi connectivity index (χ4v) is 3.16. The molecule has 0 radical (unpaired) electrons. The van der Waals surface area contributed by atoms with Crippen LogP contribution in [0.25, 0.3) is 0 Å². The van der Waals surface area contributed by atoms with Crippen molar-refractivity contribution in [1.82, 2.24) is 0 Å². The van der Waals surface area contributed by atoms with Crippen LogP contribution in [0.5, 0.6) is 0 Å². The Bertz CT molecular complexity index is 205. The second-order valence-electron chi connectivity index (χ2n) is 5.13. The molecule has 0 spiro atoms. The number of hydrogen-bond acceptors (Lipinski definition) is 1. The van der Waals surface area contributed by atoms with Gasteiger partial charge < -0.3 is 0 Å². The fraction of sp³-hybridized carbons (Fsp3) is 0.909. The molecular formula is C11H18O. The van der Waals surface area contributed by atoms with Gasteiger partial charge in [-0.1, -0.05) is 26.7 Å². The van der Waals surface area contributed by atoms with Crippen molar-refractivity contribution < 1.29 is 4.79 Å². The minimum Gasteiger partial charge on any atom is -0.299 e. The summed E-state index contributed by atoms with van der Waals surface area (Å²) in [5, 5.41) is 0. The van der Waals surface area contributed by atoms with Crippen LogP contribution in [0.2, 0.25) is 0 Å². The second-order valence-corrected chi connectivity index (χ2v) is 5.13. The van der Waals surface area contributed by atoms with Crippen molar-refractivity contribution in [3.05, 3.63) is 0 Å². The number of carbonyl (C=O) groups excluding carboxylic acids is 1. The summed E-state index contributed by atoms with van der Waals surface area (Å²) in [6.45, 7) is 4.53. The molecule has 12 heavy (non-hydrogen) atoms. The summed E-state index contributed by atoms with van der Waals surface area (Å²) >= 11 is 0. The molecule has 0 aliphatic heterocycles. The van der Waals surface area contributed by atoms with Crippen molar-refractivity contribution in [1.29, 1.82) is 0 Å². The molecule has 2 aliphatic rings. The zero-order valence-electron chi connectivity index (χ0n) is 8.10. The number of rotatable bonds is 0. The van der Waals surface area contributed by atoms with Crippen molar-refractivity contribution >= 4 is 5.78 Å². The molecule has 2 aliphatic carbocycles. The third kappa shape index (κ3) is 1.10. The molecule has 2 saturated carbocycles. The maximum absolute atomic E-state index is 11.6. The number of hydrogen-bond donors (Lipinski definition) is 0. The van der Waals surface area contributed by atoms with E-state index >= 15 is 0 Å². The first kappa shape index (κ1) is 8.28. The van der Waals surface area contributed by atoms with Gasteiger partial charge in [0.05, 0.1) is 0 Å². The monoisotopic (exact) mass is 166 g/mol.